The number of methoxy groups -OCH3 is 2. The highest BCUT2D eigenvalue weighted by Gasteiger charge is 2.07. The zero-order valence-electron chi connectivity index (χ0n) is 15.8. The van der Waals surface area contributed by atoms with Crippen LogP contribution < -0.4 is 20.1 Å². The van der Waals surface area contributed by atoms with Gasteiger partial charge in [0.2, 0.25) is 0 Å². The fraction of sp³-hybridized carbons (Fsp3) is 0.190. The molecule has 0 saturated heterocycles. The average Bonchev–Trinajstić information content (AvgIpc) is 2.76. The fourth-order valence-electron chi connectivity index (χ4n) is 2.67. The minimum absolute atomic E-state index is 0.283. The lowest BCUT2D eigenvalue weighted by Crippen LogP contribution is -2.34. The highest BCUT2D eigenvalue weighted by molar-refractivity contribution is 5.73. The average molecular weight is 378 g/mol. The molecule has 144 valence electrons. The van der Waals surface area contributed by atoms with Crippen molar-refractivity contribution in [3.63, 3.8) is 0 Å². The number of aromatic nitrogens is 2. The molecule has 7 nitrogen and oxygen atoms in total. The lowest BCUT2D eigenvalue weighted by Gasteiger charge is -2.11. The zero-order valence-corrected chi connectivity index (χ0v) is 15.8. The van der Waals surface area contributed by atoms with Gasteiger partial charge in [0.25, 0.3) is 0 Å². The first-order chi connectivity index (χ1) is 13.7. The van der Waals surface area contributed by atoms with E-state index < -0.39 is 0 Å². The number of hydrogen-bond acceptors (Lipinski definition) is 5. The molecule has 7 heteroatoms. The van der Waals surface area contributed by atoms with Gasteiger partial charge in [-0.25, -0.2) is 14.8 Å². The number of urea groups is 1. The largest absolute Gasteiger partial charge is 0.493 e. The molecule has 1 aromatic heterocycles. The molecule has 0 atom stereocenters. The number of carbonyl (C=O) groups is 1. The third kappa shape index (κ3) is 4.97. The highest BCUT2D eigenvalue weighted by atomic mass is 16.5. The quantitative estimate of drug-likeness (QED) is 0.660. The van der Waals surface area contributed by atoms with Crippen LogP contribution in [-0.2, 0) is 13.1 Å². The Morgan fingerprint density at radius 3 is 2.39 bits per heavy atom. The Bertz CT molecular complexity index is 932. The van der Waals surface area contributed by atoms with Crippen LogP contribution in [0.15, 0.2) is 60.9 Å². The first kappa shape index (κ1) is 19.2. The van der Waals surface area contributed by atoms with Gasteiger partial charge in [0.1, 0.15) is 6.33 Å². The topological polar surface area (TPSA) is 85.4 Å². The number of nitrogens with one attached hydrogen (secondary N) is 2. The second kappa shape index (κ2) is 9.36. The number of rotatable bonds is 7. The van der Waals surface area contributed by atoms with E-state index in [1.54, 1.807) is 20.3 Å². The van der Waals surface area contributed by atoms with Gasteiger partial charge in [0.05, 0.1) is 32.2 Å². The summed E-state index contributed by atoms with van der Waals surface area (Å²) in [4.78, 5) is 20.6. The fourth-order valence-corrected chi connectivity index (χ4v) is 2.67. The Balaban J connectivity index is 1.54. The predicted molar refractivity (Wildman–Crippen MR) is 106 cm³/mol. The molecule has 3 rings (SSSR count). The van der Waals surface area contributed by atoms with Gasteiger partial charge in [-0.05, 0) is 23.8 Å². The number of benzene rings is 2. The number of carbonyl (C=O) groups excluding carboxylic acids is 1. The van der Waals surface area contributed by atoms with Crippen LogP contribution in [0.3, 0.4) is 0 Å². The summed E-state index contributed by atoms with van der Waals surface area (Å²) in [5, 5.41) is 5.62. The SMILES string of the molecule is COc1ccc(CNC(=O)NCc2cc(-c3ccccc3)ncn2)cc1OC. The minimum atomic E-state index is -0.283. The van der Waals surface area contributed by atoms with E-state index in [2.05, 4.69) is 20.6 Å². The molecule has 0 unspecified atom stereocenters. The number of hydrogen-bond donors (Lipinski definition) is 2. The second-order valence-corrected chi connectivity index (χ2v) is 5.99. The van der Waals surface area contributed by atoms with E-state index in [4.69, 9.17) is 9.47 Å². The molecule has 0 aliphatic heterocycles. The summed E-state index contributed by atoms with van der Waals surface area (Å²) in [7, 11) is 3.16. The molecule has 0 bridgehead atoms. The number of ether oxygens (including phenoxy) is 2. The predicted octanol–water partition coefficient (Wildman–Crippen LogP) is 3.16. The molecule has 0 radical (unpaired) electrons. The Morgan fingerprint density at radius 1 is 0.893 bits per heavy atom. The van der Waals surface area contributed by atoms with Gasteiger partial charge < -0.3 is 20.1 Å². The minimum Gasteiger partial charge on any atom is -0.493 e. The summed E-state index contributed by atoms with van der Waals surface area (Å²) in [6, 6.07) is 16.9. The van der Waals surface area contributed by atoms with Crippen molar-refractivity contribution in [3.05, 3.63) is 72.2 Å². The van der Waals surface area contributed by atoms with Crippen molar-refractivity contribution in [1.29, 1.82) is 0 Å². The van der Waals surface area contributed by atoms with Gasteiger partial charge in [0.15, 0.2) is 11.5 Å². The molecule has 0 aliphatic carbocycles. The van der Waals surface area contributed by atoms with Crippen LogP contribution in [-0.4, -0.2) is 30.2 Å². The highest BCUT2D eigenvalue weighted by Crippen LogP contribution is 2.27. The molecule has 0 spiro atoms. The van der Waals surface area contributed by atoms with Crippen LogP contribution in [0.2, 0.25) is 0 Å². The van der Waals surface area contributed by atoms with Crippen molar-refractivity contribution >= 4 is 6.03 Å². The molecule has 28 heavy (non-hydrogen) atoms. The number of nitrogens with zero attached hydrogens (tertiary/aromatic N) is 2. The number of amides is 2. The molecule has 2 amide bonds. The Labute approximate surface area is 163 Å². The van der Waals surface area contributed by atoms with E-state index in [9.17, 15) is 4.79 Å². The third-order valence-corrected chi connectivity index (χ3v) is 4.12. The molecular weight excluding hydrogens is 356 g/mol. The van der Waals surface area contributed by atoms with Crippen molar-refractivity contribution in [2.45, 2.75) is 13.1 Å². The van der Waals surface area contributed by atoms with Gasteiger partial charge >= 0.3 is 6.03 Å². The van der Waals surface area contributed by atoms with E-state index in [-0.39, 0.29) is 6.03 Å². The van der Waals surface area contributed by atoms with Crippen molar-refractivity contribution < 1.29 is 14.3 Å². The Hall–Kier alpha value is -3.61. The van der Waals surface area contributed by atoms with E-state index in [1.165, 1.54) is 6.33 Å². The summed E-state index contributed by atoms with van der Waals surface area (Å²) in [6.07, 6.45) is 1.50. The summed E-state index contributed by atoms with van der Waals surface area (Å²) in [5.41, 5.74) is 3.46. The smallest absolute Gasteiger partial charge is 0.315 e. The van der Waals surface area contributed by atoms with E-state index in [0.29, 0.717) is 24.6 Å². The monoisotopic (exact) mass is 378 g/mol. The summed E-state index contributed by atoms with van der Waals surface area (Å²) < 4.78 is 10.5. The molecule has 0 saturated carbocycles. The molecule has 0 fully saturated rings. The van der Waals surface area contributed by atoms with Gasteiger partial charge in [-0.1, -0.05) is 36.4 Å². The summed E-state index contributed by atoms with van der Waals surface area (Å²) in [5.74, 6) is 1.27. The molecule has 2 aromatic carbocycles. The third-order valence-electron chi connectivity index (χ3n) is 4.12. The van der Waals surface area contributed by atoms with Crippen LogP contribution in [0.4, 0.5) is 4.79 Å². The molecule has 3 aromatic rings. The van der Waals surface area contributed by atoms with E-state index >= 15 is 0 Å². The molecule has 0 aliphatic rings. The maximum atomic E-state index is 12.1. The normalized spacial score (nSPS) is 10.2. The van der Waals surface area contributed by atoms with Crippen molar-refractivity contribution in [2.24, 2.45) is 0 Å². The van der Waals surface area contributed by atoms with Gasteiger partial charge in [-0.2, -0.15) is 0 Å². The van der Waals surface area contributed by atoms with E-state index in [1.807, 2.05) is 48.5 Å². The van der Waals surface area contributed by atoms with Crippen molar-refractivity contribution in [2.75, 3.05) is 14.2 Å². The summed E-state index contributed by atoms with van der Waals surface area (Å²) >= 11 is 0. The lowest BCUT2D eigenvalue weighted by atomic mass is 10.1. The molecule has 1 heterocycles. The maximum Gasteiger partial charge on any atom is 0.315 e. The first-order valence-corrected chi connectivity index (χ1v) is 8.78. The zero-order chi connectivity index (χ0) is 19.8. The van der Waals surface area contributed by atoms with Crippen molar-refractivity contribution in [1.82, 2.24) is 20.6 Å². The van der Waals surface area contributed by atoms with Crippen LogP contribution in [0.5, 0.6) is 11.5 Å². The Kier molecular flexibility index (Phi) is 6.41. The first-order valence-electron chi connectivity index (χ1n) is 8.78. The standard InChI is InChI=1S/C21H22N4O3/c1-27-19-9-8-15(10-20(19)28-2)12-22-21(26)23-13-17-11-18(25-14-24-17)16-6-4-3-5-7-16/h3-11,14H,12-13H2,1-2H3,(H2,22,23,26). The van der Waals surface area contributed by atoms with Crippen LogP contribution >= 0.6 is 0 Å². The van der Waals surface area contributed by atoms with Crippen LogP contribution in [0.25, 0.3) is 11.3 Å². The summed E-state index contributed by atoms with van der Waals surface area (Å²) in [6.45, 7) is 0.672. The van der Waals surface area contributed by atoms with Crippen LogP contribution in [0.1, 0.15) is 11.3 Å². The Morgan fingerprint density at radius 2 is 1.64 bits per heavy atom. The molecular formula is C21H22N4O3. The second-order valence-electron chi connectivity index (χ2n) is 5.99. The lowest BCUT2D eigenvalue weighted by molar-refractivity contribution is 0.240. The van der Waals surface area contributed by atoms with Gasteiger partial charge in [-0.3, -0.25) is 0 Å². The maximum absolute atomic E-state index is 12.1. The molecule has 2 N–H and O–H groups in total. The van der Waals surface area contributed by atoms with Crippen molar-refractivity contribution in [3.8, 4) is 22.8 Å². The van der Waals surface area contributed by atoms with Gasteiger partial charge in [-0.15, -0.1) is 0 Å². The van der Waals surface area contributed by atoms with Gasteiger partial charge in [0, 0.05) is 12.1 Å². The van der Waals surface area contributed by atoms with E-state index in [0.717, 1.165) is 22.5 Å². The van der Waals surface area contributed by atoms with Crippen LogP contribution in [0, 0.1) is 0 Å².